The van der Waals surface area contributed by atoms with Crippen LogP contribution in [-0.2, 0) is 6.54 Å². The summed E-state index contributed by atoms with van der Waals surface area (Å²) in [6, 6.07) is 5.86. The van der Waals surface area contributed by atoms with Crippen molar-refractivity contribution in [3.63, 3.8) is 0 Å². The van der Waals surface area contributed by atoms with Gasteiger partial charge in [0, 0.05) is 19.5 Å². The zero-order valence-electron chi connectivity index (χ0n) is 9.32. The molecule has 1 aromatic carbocycles. The summed E-state index contributed by atoms with van der Waals surface area (Å²) in [5, 5.41) is 0. The third kappa shape index (κ3) is 1.13. The maximum Gasteiger partial charge on any atom is 0.192 e. The average molecular weight is 215 g/mol. The van der Waals surface area contributed by atoms with Gasteiger partial charge in [0.1, 0.15) is 5.69 Å². The summed E-state index contributed by atoms with van der Waals surface area (Å²) in [6.45, 7) is 2.61. The molecule has 2 heterocycles. The molecule has 0 bridgehead atoms. The van der Waals surface area contributed by atoms with Crippen LogP contribution in [-0.4, -0.2) is 12.0 Å². The Labute approximate surface area is 93.7 Å². The van der Waals surface area contributed by atoms with Crippen LogP contribution < -0.4 is 10.6 Å². The zero-order valence-corrected chi connectivity index (χ0v) is 9.32. The van der Waals surface area contributed by atoms with E-state index >= 15 is 0 Å². The lowest BCUT2D eigenvalue weighted by Crippen LogP contribution is -2.22. The number of hydrogen-bond acceptors (Lipinski definition) is 4. The molecule has 0 saturated heterocycles. The molecule has 0 aliphatic carbocycles. The van der Waals surface area contributed by atoms with Crippen molar-refractivity contribution in [1.82, 2.24) is 4.98 Å². The van der Waals surface area contributed by atoms with Crippen LogP contribution in [0, 0.1) is 6.92 Å². The fraction of sp³-hybridized carbons (Fsp3) is 0.250. The van der Waals surface area contributed by atoms with Gasteiger partial charge in [-0.25, -0.2) is 4.98 Å². The minimum Gasteiger partial charge on any atom is -0.441 e. The standard InChI is InChI=1S/C12H13N3O/c1-7-14-10-6-15(2)11-8(12(10)16-7)4-3-5-9(11)13/h3-5H,6,13H2,1-2H3. The summed E-state index contributed by atoms with van der Waals surface area (Å²) >= 11 is 0. The number of aryl methyl sites for hydroxylation is 1. The number of aromatic nitrogens is 1. The van der Waals surface area contributed by atoms with Crippen LogP contribution in [0.3, 0.4) is 0 Å². The first-order chi connectivity index (χ1) is 7.66. The molecule has 4 heteroatoms. The molecule has 1 aliphatic heterocycles. The van der Waals surface area contributed by atoms with Gasteiger partial charge < -0.3 is 15.1 Å². The van der Waals surface area contributed by atoms with E-state index in [2.05, 4.69) is 9.88 Å². The molecule has 0 radical (unpaired) electrons. The maximum atomic E-state index is 5.99. The molecule has 1 aromatic heterocycles. The molecule has 0 atom stereocenters. The van der Waals surface area contributed by atoms with Crippen molar-refractivity contribution in [3.05, 3.63) is 29.8 Å². The Hall–Kier alpha value is -1.97. The number of benzene rings is 1. The first-order valence-electron chi connectivity index (χ1n) is 5.23. The number of fused-ring (bicyclic) bond motifs is 3. The summed E-state index contributed by atoms with van der Waals surface area (Å²) in [4.78, 5) is 6.49. The molecule has 0 unspecified atom stereocenters. The van der Waals surface area contributed by atoms with Crippen LogP contribution in [0.1, 0.15) is 11.6 Å². The third-order valence-electron chi connectivity index (χ3n) is 2.88. The van der Waals surface area contributed by atoms with Crippen molar-refractivity contribution in [1.29, 1.82) is 0 Å². The largest absolute Gasteiger partial charge is 0.441 e. The summed E-state index contributed by atoms with van der Waals surface area (Å²) < 4.78 is 5.64. The number of anilines is 2. The molecule has 3 rings (SSSR count). The normalized spacial score (nSPS) is 13.5. The minimum atomic E-state index is 0.702. The number of oxazole rings is 1. The van der Waals surface area contributed by atoms with Crippen LogP contribution in [0.5, 0.6) is 0 Å². The summed E-state index contributed by atoms with van der Waals surface area (Å²) in [7, 11) is 2.02. The predicted molar refractivity (Wildman–Crippen MR) is 63.2 cm³/mol. The first kappa shape index (κ1) is 9.27. The Bertz CT molecular complexity index is 559. The van der Waals surface area contributed by atoms with Crippen molar-refractivity contribution >= 4 is 11.4 Å². The van der Waals surface area contributed by atoms with E-state index in [9.17, 15) is 0 Å². The van der Waals surface area contributed by atoms with Crippen molar-refractivity contribution in [2.75, 3.05) is 17.7 Å². The van der Waals surface area contributed by atoms with Crippen LogP contribution >= 0.6 is 0 Å². The molecule has 0 fully saturated rings. The van der Waals surface area contributed by atoms with Gasteiger partial charge in [0.15, 0.2) is 11.7 Å². The molecular weight excluding hydrogens is 202 g/mol. The summed E-state index contributed by atoms with van der Waals surface area (Å²) in [5.41, 5.74) is 9.82. The van der Waals surface area contributed by atoms with Gasteiger partial charge in [-0.1, -0.05) is 6.07 Å². The second-order valence-electron chi connectivity index (χ2n) is 4.11. The molecule has 2 aromatic rings. The fourth-order valence-electron chi connectivity index (χ4n) is 2.26. The van der Waals surface area contributed by atoms with Gasteiger partial charge in [0.05, 0.1) is 17.9 Å². The summed E-state index contributed by atoms with van der Waals surface area (Å²) in [6.07, 6.45) is 0. The Morgan fingerprint density at radius 3 is 3.06 bits per heavy atom. The topological polar surface area (TPSA) is 55.3 Å². The monoisotopic (exact) mass is 215 g/mol. The van der Waals surface area contributed by atoms with Crippen LogP contribution in [0.25, 0.3) is 11.3 Å². The van der Waals surface area contributed by atoms with Gasteiger partial charge in [-0.05, 0) is 12.1 Å². The SMILES string of the molecule is Cc1nc2c(o1)-c1cccc(N)c1N(C)C2. The Morgan fingerprint density at radius 2 is 2.25 bits per heavy atom. The van der Waals surface area contributed by atoms with E-state index in [0.29, 0.717) is 5.89 Å². The lowest BCUT2D eigenvalue weighted by Gasteiger charge is -2.27. The van der Waals surface area contributed by atoms with E-state index in [-0.39, 0.29) is 0 Å². The van der Waals surface area contributed by atoms with Crippen molar-refractivity contribution in [2.45, 2.75) is 13.5 Å². The van der Waals surface area contributed by atoms with Crippen LogP contribution in [0.2, 0.25) is 0 Å². The van der Waals surface area contributed by atoms with Gasteiger partial charge in [-0.2, -0.15) is 0 Å². The molecule has 82 valence electrons. The number of nitrogen functional groups attached to an aromatic ring is 1. The predicted octanol–water partition coefficient (Wildman–Crippen LogP) is 2.18. The number of nitrogens with zero attached hydrogens (tertiary/aromatic N) is 2. The highest BCUT2D eigenvalue weighted by atomic mass is 16.4. The molecule has 16 heavy (non-hydrogen) atoms. The van der Waals surface area contributed by atoms with Crippen LogP contribution in [0.4, 0.5) is 11.4 Å². The van der Waals surface area contributed by atoms with Gasteiger partial charge in [-0.15, -0.1) is 0 Å². The first-order valence-corrected chi connectivity index (χ1v) is 5.23. The van der Waals surface area contributed by atoms with Crippen molar-refractivity contribution in [3.8, 4) is 11.3 Å². The fourth-order valence-corrected chi connectivity index (χ4v) is 2.26. The molecule has 0 saturated carbocycles. The Morgan fingerprint density at radius 1 is 1.44 bits per heavy atom. The van der Waals surface area contributed by atoms with Gasteiger partial charge >= 0.3 is 0 Å². The number of hydrogen-bond donors (Lipinski definition) is 1. The summed E-state index contributed by atoms with van der Waals surface area (Å²) in [5.74, 6) is 1.56. The Kier molecular flexibility index (Phi) is 1.74. The quantitative estimate of drug-likeness (QED) is 0.684. The van der Waals surface area contributed by atoms with E-state index in [4.69, 9.17) is 10.2 Å². The smallest absolute Gasteiger partial charge is 0.192 e. The van der Waals surface area contributed by atoms with E-state index in [1.165, 1.54) is 0 Å². The molecule has 2 N–H and O–H groups in total. The second-order valence-corrected chi connectivity index (χ2v) is 4.11. The Balaban J connectivity index is 2.32. The number of nitrogens with two attached hydrogens (primary N) is 1. The highest BCUT2D eigenvalue weighted by Gasteiger charge is 2.25. The van der Waals surface area contributed by atoms with Crippen molar-refractivity contribution in [2.24, 2.45) is 0 Å². The lowest BCUT2D eigenvalue weighted by molar-refractivity contribution is 0.533. The van der Waals surface area contributed by atoms with E-state index in [0.717, 1.165) is 34.9 Å². The third-order valence-corrected chi connectivity index (χ3v) is 2.88. The van der Waals surface area contributed by atoms with Gasteiger partial charge in [-0.3, -0.25) is 0 Å². The molecule has 1 aliphatic rings. The van der Waals surface area contributed by atoms with E-state index in [1.807, 2.05) is 32.2 Å². The zero-order chi connectivity index (χ0) is 11.3. The van der Waals surface area contributed by atoms with Crippen LogP contribution in [0.15, 0.2) is 22.6 Å². The molecular formula is C12H13N3O. The van der Waals surface area contributed by atoms with Crippen molar-refractivity contribution < 1.29 is 4.42 Å². The number of rotatable bonds is 0. The second kappa shape index (κ2) is 3.01. The number of para-hydroxylation sites is 1. The van der Waals surface area contributed by atoms with E-state index in [1.54, 1.807) is 0 Å². The average Bonchev–Trinajstić information content (AvgIpc) is 2.58. The lowest BCUT2D eigenvalue weighted by atomic mass is 10.0. The minimum absolute atomic E-state index is 0.702. The maximum absolute atomic E-state index is 5.99. The highest BCUT2D eigenvalue weighted by molar-refractivity contribution is 5.87. The molecule has 0 amide bonds. The molecule has 0 spiro atoms. The van der Waals surface area contributed by atoms with Gasteiger partial charge in [0.2, 0.25) is 0 Å². The molecule has 4 nitrogen and oxygen atoms in total. The van der Waals surface area contributed by atoms with E-state index < -0.39 is 0 Å². The van der Waals surface area contributed by atoms with Gasteiger partial charge in [0.25, 0.3) is 0 Å². The highest BCUT2D eigenvalue weighted by Crippen LogP contribution is 2.41.